The molecule has 0 amide bonds. The van der Waals surface area contributed by atoms with E-state index in [1.54, 1.807) is 50.3 Å². The molecule has 0 bridgehead atoms. The molecule has 0 atom stereocenters. The van der Waals surface area contributed by atoms with Gasteiger partial charge in [0.2, 0.25) is 0 Å². The van der Waals surface area contributed by atoms with Crippen molar-refractivity contribution in [3.8, 4) is 0 Å². The zero-order valence-corrected chi connectivity index (χ0v) is 33.3. The molecule has 0 fully saturated rings. The minimum Gasteiger partial charge on any atom is -1.00 e. The summed E-state index contributed by atoms with van der Waals surface area (Å²) in [5.41, 5.74) is 0. The zero-order chi connectivity index (χ0) is 30.0. The van der Waals surface area contributed by atoms with Crippen molar-refractivity contribution in [3.05, 3.63) is 0 Å². The van der Waals surface area contributed by atoms with Gasteiger partial charge >= 0.3 is 0 Å². The van der Waals surface area contributed by atoms with Crippen molar-refractivity contribution in [2.24, 2.45) is 0 Å². The van der Waals surface area contributed by atoms with Crippen molar-refractivity contribution in [1.82, 2.24) is 0 Å². The molecule has 0 unspecified atom stereocenters. The molecule has 0 aromatic rings. The number of rotatable bonds is 36. The van der Waals surface area contributed by atoms with Crippen LogP contribution in [0.2, 0.25) is 0 Å². The van der Waals surface area contributed by atoms with Gasteiger partial charge in [0.25, 0.3) is 0 Å². The van der Waals surface area contributed by atoms with Crippen LogP contribution in [0.3, 0.4) is 0 Å². The average molecular weight is 723 g/mol. The van der Waals surface area contributed by atoms with E-state index in [4.69, 9.17) is 0 Å². The van der Waals surface area contributed by atoms with Crippen LogP contribution in [-0.4, -0.2) is 24.6 Å². The predicted molar refractivity (Wildman–Crippen MR) is 197 cm³/mol. The molecule has 256 valence electrons. The highest BCUT2D eigenvalue weighted by Crippen LogP contribution is 2.61. The van der Waals surface area contributed by atoms with E-state index in [0.29, 0.717) is 0 Å². The summed E-state index contributed by atoms with van der Waals surface area (Å²) in [7, 11) is -0.761. The molecule has 2 heteroatoms. The van der Waals surface area contributed by atoms with Gasteiger partial charge in [0.1, 0.15) is 0 Å². The quantitative estimate of drug-likeness (QED) is 0.0343. The van der Waals surface area contributed by atoms with Crippen LogP contribution in [0.5, 0.6) is 0 Å². The molecule has 0 rings (SSSR count). The summed E-state index contributed by atoms with van der Waals surface area (Å²) in [4.78, 5) is 0. The van der Waals surface area contributed by atoms with Gasteiger partial charge in [0.05, 0.1) is 24.6 Å². The number of hydrogen-bond acceptors (Lipinski definition) is 0. The Morgan fingerprint density at radius 3 is 0.524 bits per heavy atom. The average Bonchev–Trinajstić information content (AvgIpc) is 2.98. The van der Waals surface area contributed by atoms with Crippen molar-refractivity contribution in [1.29, 1.82) is 0 Å². The van der Waals surface area contributed by atoms with E-state index >= 15 is 0 Å². The molecular weight excluding hydrogens is 638 g/mol. The maximum Gasteiger partial charge on any atom is 0.0594 e. The number of hydrogen-bond donors (Lipinski definition) is 0. The first-order valence-electron chi connectivity index (χ1n) is 20.1. The van der Waals surface area contributed by atoms with Crippen molar-refractivity contribution in [2.45, 2.75) is 233 Å². The first kappa shape index (κ1) is 45.3. The molecule has 0 aromatic carbocycles. The van der Waals surface area contributed by atoms with Gasteiger partial charge in [0.15, 0.2) is 0 Å². The smallest absolute Gasteiger partial charge is 0.0594 e. The second-order valence-electron chi connectivity index (χ2n) is 14.1. The first-order valence-corrected chi connectivity index (χ1v) is 22.6. The number of halogens is 1. The molecule has 0 saturated heterocycles. The van der Waals surface area contributed by atoms with E-state index in [1.165, 1.54) is 180 Å². The van der Waals surface area contributed by atoms with Gasteiger partial charge in [-0.05, 0) is 51.4 Å². The fourth-order valence-corrected chi connectivity index (χ4v) is 11.9. The molecule has 0 aliphatic heterocycles. The standard InChI is InChI=1S/C40H84P.HI/c1-5-9-13-17-21-25-29-33-37-41(38-34-30-26-22-18-14-10-6-2,39-35-31-27-23-19-15-11-7-3)40-36-32-28-24-20-16-12-8-4;/h5-40H2,1-4H3;1H/q+1;/p-1. The summed E-state index contributed by atoms with van der Waals surface area (Å²) in [6.07, 6.45) is 54.2. The highest BCUT2D eigenvalue weighted by Gasteiger charge is 2.35. The van der Waals surface area contributed by atoms with Gasteiger partial charge in [-0.15, -0.1) is 0 Å². The Morgan fingerprint density at radius 1 is 0.214 bits per heavy atom. The third kappa shape index (κ3) is 32.6. The summed E-state index contributed by atoms with van der Waals surface area (Å²) in [5.74, 6) is 0. The molecule has 0 nitrogen and oxygen atoms in total. The van der Waals surface area contributed by atoms with Crippen molar-refractivity contribution in [2.75, 3.05) is 24.6 Å². The Labute approximate surface area is 287 Å². The van der Waals surface area contributed by atoms with Crippen molar-refractivity contribution in [3.63, 3.8) is 0 Å². The maximum atomic E-state index is 2.34. The lowest BCUT2D eigenvalue weighted by Crippen LogP contribution is -3.00. The van der Waals surface area contributed by atoms with E-state index in [1.807, 2.05) is 0 Å². The normalized spacial score (nSPS) is 11.7. The van der Waals surface area contributed by atoms with Crippen LogP contribution in [-0.2, 0) is 0 Å². The van der Waals surface area contributed by atoms with Crippen LogP contribution in [0.15, 0.2) is 0 Å². The summed E-state index contributed by atoms with van der Waals surface area (Å²) in [5, 5.41) is 0. The first-order chi connectivity index (χ1) is 20.2. The fourth-order valence-electron chi connectivity index (χ4n) is 7.00. The van der Waals surface area contributed by atoms with Crippen LogP contribution < -0.4 is 24.0 Å². The summed E-state index contributed by atoms with van der Waals surface area (Å²) in [6.45, 7) is 9.37. The Balaban J connectivity index is 0. The third-order valence-corrected chi connectivity index (χ3v) is 15.0. The van der Waals surface area contributed by atoms with Crippen LogP contribution in [0.25, 0.3) is 0 Å². The van der Waals surface area contributed by atoms with Crippen molar-refractivity contribution < 1.29 is 24.0 Å². The Bertz CT molecular complexity index is 379. The molecule has 0 spiro atoms. The Morgan fingerprint density at radius 2 is 0.357 bits per heavy atom. The lowest BCUT2D eigenvalue weighted by Gasteiger charge is -2.28. The molecule has 42 heavy (non-hydrogen) atoms. The van der Waals surface area contributed by atoms with Crippen LogP contribution >= 0.6 is 7.26 Å². The van der Waals surface area contributed by atoms with Gasteiger partial charge < -0.3 is 24.0 Å². The highest BCUT2D eigenvalue weighted by atomic mass is 127. The second kappa shape index (κ2) is 38.3. The molecule has 0 heterocycles. The molecule has 0 aromatic heterocycles. The zero-order valence-electron chi connectivity index (χ0n) is 30.3. The van der Waals surface area contributed by atoms with E-state index in [9.17, 15) is 0 Å². The molecule has 0 saturated carbocycles. The van der Waals surface area contributed by atoms with Crippen molar-refractivity contribution >= 4 is 7.26 Å². The summed E-state index contributed by atoms with van der Waals surface area (Å²) in [6, 6.07) is 0. The monoisotopic (exact) mass is 723 g/mol. The summed E-state index contributed by atoms with van der Waals surface area (Å²) >= 11 is 0. The van der Waals surface area contributed by atoms with Gasteiger partial charge in [0, 0.05) is 7.26 Å². The Hall–Kier alpha value is 1.16. The third-order valence-electron chi connectivity index (χ3n) is 9.94. The highest BCUT2D eigenvalue weighted by molar-refractivity contribution is 7.75. The fraction of sp³-hybridized carbons (Fsp3) is 1.00. The van der Waals surface area contributed by atoms with Gasteiger partial charge in [-0.1, -0.05) is 182 Å². The Kier molecular flexibility index (Phi) is 41.3. The maximum absolute atomic E-state index is 2.34. The summed E-state index contributed by atoms with van der Waals surface area (Å²) < 4.78 is 0. The largest absolute Gasteiger partial charge is 1.00 e. The molecule has 0 aliphatic rings. The molecule has 0 radical (unpaired) electrons. The van der Waals surface area contributed by atoms with Gasteiger partial charge in [-0.25, -0.2) is 0 Å². The van der Waals surface area contributed by atoms with Crippen LogP contribution in [0.4, 0.5) is 0 Å². The minimum atomic E-state index is -0.761. The molecular formula is C40H84IP. The van der Waals surface area contributed by atoms with E-state index in [0.717, 1.165) is 0 Å². The lowest BCUT2D eigenvalue weighted by atomic mass is 10.1. The molecule has 0 N–H and O–H groups in total. The minimum absolute atomic E-state index is 0. The molecule has 0 aliphatic carbocycles. The van der Waals surface area contributed by atoms with Gasteiger partial charge in [-0.3, -0.25) is 0 Å². The van der Waals surface area contributed by atoms with Crippen LogP contribution in [0, 0.1) is 0 Å². The topological polar surface area (TPSA) is 0 Å². The predicted octanol–water partition coefficient (Wildman–Crippen LogP) is 12.6. The van der Waals surface area contributed by atoms with E-state index in [-0.39, 0.29) is 24.0 Å². The van der Waals surface area contributed by atoms with Gasteiger partial charge in [-0.2, -0.15) is 0 Å². The van der Waals surface area contributed by atoms with Crippen LogP contribution in [0.1, 0.15) is 233 Å². The SMILES string of the molecule is CCCCCCCCCC[P+](CCCCCCCCCC)(CCCCCCCCCC)CCCCCCCCCC.[I-]. The number of unbranched alkanes of at least 4 members (excludes halogenated alkanes) is 28. The van der Waals surface area contributed by atoms with E-state index in [2.05, 4.69) is 27.7 Å². The lowest BCUT2D eigenvalue weighted by molar-refractivity contribution is -0.00000930. The second-order valence-corrected chi connectivity index (χ2v) is 18.6. The van der Waals surface area contributed by atoms with E-state index < -0.39 is 7.26 Å².